The van der Waals surface area contributed by atoms with Crippen molar-refractivity contribution in [2.75, 3.05) is 19.5 Å². The zero-order valence-electron chi connectivity index (χ0n) is 11.6. The van der Waals surface area contributed by atoms with Gasteiger partial charge in [0, 0.05) is 18.6 Å². The van der Waals surface area contributed by atoms with Gasteiger partial charge in [-0.05, 0) is 13.3 Å². The van der Waals surface area contributed by atoms with Gasteiger partial charge in [-0.3, -0.25) is 6.08 Å². The zero-order valence-corrected chi connectivity index (χ0v) is 16.2. The molecule has 1 radical (unpaired) electrons. The summed E-state index contributed by atoms with van der Waals surface area (Å²) in [5.74, 6) is 0. The standard InChI is InChI=1S/C10H14P.C5H5.3ClH.V/c1-11(2)9-8-10-6-4-3-5-7-10;1-2-4-5-3-1;;;;/h3-8H,9H2,1-2H3;1-3H,4H2;3*1H;/q2*-1;;;;/p-3. The van der Waals surface area contributed by atoms with Crippen molar-refractivity contribution in [2.24, 2.45) is 0 Å². The predicted molar refractivity (Wildman–Crippen MR) is 75.0 cm³/mol. The van der Waals surface area contributed by atoms with E-state index in [9.17, 15) is 0 Å². The first kappa shape index (κ1) is 28.6. The molecule has 0 aromatic heterocycles. The molecule has 0 bridgehead atoms. The van der Waals surface area contributed by atoms with Crippen LogP contribution < -0.4 is 37.2 Å². The SMILES string of the molecule is CP(C)C[CH-]c1ccccc1.[C-]1=CC=CC1.[Cl-].[Cl-].[Cl-].[V]. The zero-order chi connectivity index (χ0) is 11.6. The van der Waals surface area contributed by atoms with Crippen LogP contribution in [0.5, 0.6) is 0 Å². The monoisotopic (exact) mass is 386 g/mol. The molecule has 0 saturated carbocycles. The van der Waals surface area contributed by atoms with Crippen LogP contribution in [0.1, 0.15) is 12.0 Å². The van der Waals surface area contributed by atoms with Gasteiger partial charge in [0.1, 0.15) is 0 Å². The van der Waals surface area contributed by atoms with Crippen LogP contribution in [0.15, 0.2) is 48.6 Å². The molecule has 0 aliphatic heterocycles. The van der Waals surface area contributed by atoms with Gasteiger partial charge in [0.2, 0.25) is 0 Å². The molecule has 115 valence electrons. The van der Waals surface area contributed by atoms with E-state index in [1.54, 1.807) is 0 Å². The van der Waals surface area contributed by atoms with Crippen molar-refractivity contribution in [1.29, 1.82) is 0 Å². The summed E-state index contributed by atoms with van der Waals surface area (Å²) in [6.45, 7) is 4.60. The van der Waals surface area contributed by atoms with E-state index in [-0.39, 0.29) is 63.7 Å². The fourth-order valence-electron chi connectivity index (χ4n) is 1.22. The molecule has 0 nitrogen and oxygen atoms in total. The van der Waals surface area contributed by atoms with E-state index in [1.165, 1.54) is 11.7 Å². The van der Waals surface area contributed by atoms with Gasteiger partial charge >= 0.3 is 0 Å². The first-order valence-electron chi connectivity index (χ1n) is 5.54. The van der Waals surface area contributed by atoms with Crippen molar-refractivity contribution in [3.63, 3.8) is 0 Å². The Labute approximate surface area is 155 Å². The summed E-state index contributed by atoms with van der Waals surface area (Å²) in [5.41, 5.74) is 1.35. The normalized spacial score (nSPS) is 9.95. The second-order valence-corrected chi connectivity index (χ2v) is 6.40. The topological polar surface area (TPSA) is 0 Å². The van der Waals surface area contributed by atoms with Gasteiger partial charge < -0.3 is 37.2 Å². The Kier molecular flexibility index (Phi) is 27.8. The quantitative estimate of drug-likeness (QED) is 0.361. The van der Waals surface area contributed by atoms with E-state index in [0.717, 1.165) is 6.42 Å². The van der Waals surface area contributed by atoms with Crippen LogP contribution in [0, 0.1) is 12.5 Å². The van der Waals surface area contributed by atoms with Gasteiger partial charge in [0.25, 0.3) is 0 Å². The summed E-state index contributed by atoms with van der Waals surface area (Å²) >= 11 is 0. The van der Waals surface area contributed by atoms with Crippen LogP contribution in [0.2, 0.25) is 0 Å². The minimum atomic E-state index is 0. The minimum absolute atomic E-state index is 0. The molecule has 20 heavy (non-hydrogen) atoms. The van der Waals surface area contributed by atoms with Gasteiger partial charge in [-0.1, -0.05) is 12.2 Å². The first-order valence-corrected chi connectivity index (χ1v) is 7.96. The molecule has 0 atom stereocenters. The molecular weight excluding hydrogens is 368 g/mol. The summed E-state index contributed by atoms with van der Waals surface area (Å²) in [4.78, 5) is 0. The predicted octanol–water partition coefficient (Wildman–Crippen LogP) is -4.70. The second kappa shape index (κ2) is 19.5. The number of halogens is 3. The Hall–Kier alpha value is 0.454. The van der Waals surface area contributed by atoms with Crippen LogP contribution in [-0.2, 0) is 18.6 Å². The molecule has 1 aromatic rings. The summed E-state index contributed by atoms with van der Waals surface area (Å²) in [7, 11) is 0.220. The van der Waals surface area contributed by atoms with E-state index < -0.39 is 0 Å². The fraction of sp³-hybridized carbons (Fsp3) is 0.267. The van der Waals surface area contributed by atoms with E-state index >= 15 is 0 Å². The van der Waals surface area contributed by atoms with Gasteiger partial charge in [0.15, 0.2) is 0 Å². The third-order valence-corrected chi connectivity index (χ3v) is 2.99. The molecule has 1 aromatic carbocycles. The Morgan fingerprint density at radius 3 is 2.05 bits per heavy atom. The smallest absolute Gasteiger partial charge is 0 e. The number of allylic oxidation sites excluding steroid dienone is 4. The Bertz CT molecular complexity index is 330. The van der Waals surface area contributed by atoms with Crippen LogP contribution in [-0.4, -0.2) is 19.5 Å². The molecule has 5 heteroatoms. The van der Waals surface area contributed by atoms with Gasteiger partial charge in [-0.2, -0.15) is 30.2 Å². The van der Waals surface area contributed by atoms with Crippen molar-refractivity contribution in [3.8, 4) is 0 Å². The molecule has 0 saturated heterocycles. The van der Waals surface area contributed by atoms with Crippen LogP contribution >= 0.6 is 7.92 Å². The second-order valence-electron chi connectivity index (χ2n) is 3.88. The number of hydrogen-bond acceptors (Lipinski definition) is 0. The first-order chi connectivity index (χ1) is 7.79. The molecule has 0 amide bonds. The largest absolute Gasteiger partial charge is 1.00 e. The summed E-state index contributed by atoms with van der Waals surface area (Å²) in [6.07, 6.45) is 13.5. The molecule has 2 rings (SSSR count). The summed E-state index contributed by atoms with van der Waals surface area (Å²) < 4.78 is 0. The maximum absolute atomic E-state index is 2.99. The molecule has 0 unspecified atom stereocenters. The van der Waals surface area contributed by atoms with Gasteiger partial charge in [-0.25, -0.2) is 12.2 Å². The van der Waals surface area contributed by atoms with Gasteiger partial charge in [0.05, 0.1) is 0 Å². The van der Waals surface area contributed by atoms with Crippen LogP contribution in [0.4, 0.5) is 0 Å². The Balaban J connectivity index is -0.000000124. The van der Waals surface area contributed by atoms with Crippen molar-refractivity contribution in [2.45, 2.75) is 6.42 Å². The molecule has 0 N–H and O–H groups in total. The average molecular weight is 388 g/mol. The third-order valence-electron chi connectivity index (χ3n) is 2.08. The molecular formula is C15H19Cl3PV-5. The van der Waals surface area contributed by atoms with E-state index in [1.807, 2.05) is 12.2 Å². The molecule has 0 spiro atoms. The van der Waals surface area contributed by atoms with Crippen molar-refractivity contribution in [1.82, 2.24) is 0 Å². The van der Waals surface area contributed by atoms with Crippen LogP contribution in [0.25, 0.3) is 0 Å². The Morgan fingerprint density at radius 1 is 1.10 bits per heavy atom. The number of rotatable bonds is 3. The van der Waals surface area contributed by atoms with E-state index in [4.69, 9.17) is 0 Å². The Morgan fingerprint density at radius 2 is 1.70 bits per heavy atom. The van der Waals surface area contributed by atoms with Crippen molar-refractivity contribution in [3.05, 3.63) is 66.6 Å². The minimum Gasteiger partial charge on any atom is -1.00 e. The molecule has 1 aliphatic carbocycles. The molecule has 0 fully saturated rings. The molecule has 1 aliphatic rings. The maximum Gasteiger partial charge on any atom is 0 e. The fourth-order valence-corrected chi connectivity index (χ4v) is 1.79. The number of benzene rings is 1. The summed E-state index contributed by atoms with van der Waals surface area (Å²) in [6, 6.07) is 10.5. The van der Waals surface area contributed by atoms with Crippen molar-refractivity contribution >= 4 is 7.92 Å². The molecule has 0 heterocycles. The van der Waals surface area contributed by atoms with Crippen molar-refractivity contribution < 1.29 is 55.8 Å². The summed E-state index contributed by atoms with van der Waals surface area (Å²) in [5, 5.41) is 0. The van der Waals surface area contributed by atoms with E-state index in [0.29, 0.717) is 0 Å². The maximum atomic E-state index is 2.99. The van der Waals surface area contributed by atoms with Gasteiger partial charge in [-0.15, -0.1) is 26.5 Å². The average Bonchev–Trinajstić information content (AvgIpc) is 2.86. The van der Waals surface area contributed by atoms with Crippen LogP contribution in [0.3, 0.4) is 0 Å². The van der Waals surface area contributed by atoms with E-state index in [2.05, 4.69) is 62.2 Å². The number of hydrogen-bond donors (Lipinski definition) is 0. The third kappa shape index (κ3) is 16.5.